The summed E-state index contributed by atoms with van der Waals surface area (Å²) in [5, 5.41) is 0. The second-order valence-electron chi connectivity index (χ2n) is 3.26. The van der Waals surface area contributed by atoms with Crippen LogP contribution >= 0.6 is 32.4 Å². The summed E-state index contributed by atoms with van der Waals surface area (Å²) in [6.45, 7) is 6.23. The Morgan fingerprint density at radius 2 is 2.21 bits per heavy atom. The molecule has 14 heavy (non-hydrogen) atoms. The Morgan fingerprint density at radius 3 is 2.93 bits per heavy atom. The van der Waals surface area contributed by atoms with Gasteiger partial charge in [-0.15, -0.1) is 18.3 Å². The largest absolute Gasteiger partial charge is 0.268 e. The predicted octanol–water partition coefficient (Wildman–Crippen LogP) is 2.65. The van der Waals surface area contributed by atoms with Crippen molar-refractivity contribution in [2.45, 2.75) is 17.1 Å². The summed E-state index contributed by atoms with van der Waals surface area (Å²) in [5.74, 6) is 1.02. The van der Waals surface area contributed by atoms with Crippen molar-refractivity contribution in [1.29, 1.82) is 0 Å². The molecule has 0 unspecified atom stereocenters. The van der Waals surface area contributed by atoms with Gasteiger partial charge in [0, 0.05) is 24.7 Å². The highest BCUT2D eigenvalue weighted by atomic mass is 32.9. The molecule has 0 radical (unpaired) electrons. The van der Waals surface area contributed by atoms with E-state index in [1.54, 1.807) is 0 Å². The zero-order valence-electron chi connectivity index (χ0n) is 8.07. The highest BCUT2D eigenvalue weighted by Gasteiger charge is 2.14. The van der Waals surface area contributed by atoms with Crippen LogP contribution in [0.15, 0.2) is 22.9 Å². The maximum Gasteiger partial charge on any atom is 0.268 e. The van der Waals surface area contributed by atoms with Gasteiger partial charge in [-0.3, -0.25) is 0 Å². The van der Waals surface area contributed by atoms with E-state index in [1.165, 1.54) is 34.8 Å². The molecule has 1 aromatic heterocycles. The molecule has 1 nitrogen and oxygen atoms in total. The Balaban J connectivity index is 2.16. The average molecular weight is 244 g/mol. The summed E-state index contributed by atoms with van der Waals surface area (Å²) in [6, 6.07) is 2.33. The standard InChI is InChI=1S/C10H14NS3/c1-2-7-12-10-8-9(13-14-10)11-5-3-4-6-11/h2,8H,1,3-7H2/q+1. The van der Waals surface area contributed by atoms with E-state index in [0.29, 0.717) is 0 Å². The van der Waals surface area contributed by atoms with Crippen molar-refractivity contribution in [1.82, 2.24) is 4.58 Å². The quantitative estimate of drug-likeness (QED) is 0.342. The molecule has 0 atom stereocenters. The van der Waals surface area contributed by atoms with Crippen LogP contribution in [-0.2, 0) is 0 Å². The first-order chi connectivity index (χ1) is 6.90. The van der Waals surface area contributed by atoms with Crippen molar-refractivity contribution in [3.63, 3.8) is 0 Å². The second kappa shape index (κ2) is 5.14. The van der Waals surface area contributed by atoms with Crippen LogP contribution in [0.1, 0.15) is 12.8 Å². The molecule has 1 aliphatic heterocycles. The van der Waals surface area contributed by atoms with Gasteiger partial charge < -0.3 is 0 Å². The minimum atomic E-state index is 1.02. The third-order valence-corrected chi connectivity index (χ3v) is 6.15. The van der Waals surface area contributed by atoms with Crippen molar-refractivity contribution >= 4 is 32.4 Å². The summed E-state index contributed by atoms with van der Waals surface area (Å²) in [4.78, 5) is 0. The third-order valence-electron chi connectivity index (χ3n) is 2.21. The number of rotatable bonds is 3. The highest BCUT2D eigenvalue weighted by molar-refractivity contribution is 8.02. The zero-order valence-corrected chi connectivity index (χ0v) is 10.5. The van der Waals surface area contributed by atoms with E-state index in [2.05, 4.69) is 17.2 Å². The Hall–Kier alpha value is -0.0600. The lowest BCUT2D eigenvalue weighted by atomic mass is 10.4. The van der Waals surface area contributed by atoms with Crippen LogP contribution in [0.2, 0.25) is 0 Å². The van der Waals surface area contributed by atoms with Crippen molar-refractivity contribution in [3.05, 3.63) is 23.4 Å². The van der Waals surface area contributed by atoms with E-state index < -0.39 is 0 Å². The van der Waals surface area contributed by atoms with Gasteiger partial charge >= 0.3 is 0 Å². The summed E-state index contributed by atoms with van der Waals surface area (Å²) in [7, 11) is 3.80. The molecular formula is C10H14NS3+. The summed E-state index contributed by atoms with van der Waals surface area (Å²) < 4.78 is 5.38. The first kappa shape index (κ1) is 10.5. The Bertz CT molecular complexity index is 367. The second-order valence-corrected chi connectivity index (χ2v) is 6.77. The first-order valence-electron chi connectivity index (χ1n) is 4.82. The molecule has 76 valence electrons. The van der Waals surface area contributed by atoms with Crippen LogP contribution in [0.5, 0.6) is 0 Å². The number of thioether (sulfide) groups is 1. The monoisotopic (exact) mass is 244 g/mol. The van der Waals surface area contributed by atoms with Gasteiger partial charge in [-0.25, -0.2) is 4.58 Å². The minimum absolute atomic E-state index is 1.02. The topological polar surface area (TPSA) is 3.01 Å². The maximum absolute atomic E-state index is 3.74. The molecule has 0 spiro atoms. The molecule has 2 heterocycles. The van der Waals surface area contributed by atoms with Crippen LogP contribution in [-0.4, -0.2) is 18.8 Å². The van der Waals surface area contributed by atoms with Gasteiger partial charge in [0.1, 0.15) is 13.1 Å². The van der Waals surface area contributed by atoms with E-state index in [4.69, 9.17) is 0 Å². The zero-order chi connectivity index (χ0) is 9.80. The first-order valence-corrected chi connectivity index (χ1v) is 7.95. The molecule has 0 aliphatic carbocycles. The lowest BCUT2D eigenvalue weighted by Crippen LogP contribution is -2.23. The average Bonchev–Trinajstić information content (AvgIpc) is 2.85. The fraction of sp³-hybridized carbons (Fsp3) is 0.500. The fourth-order valence-electron chi connectivity index (χ4n) is 1.52. The van der Waals surface area contributed by atoms with Crippen molar-refractivity contribution < 1.29 is 0 Å². The SMILES string of the molecule is C=CCSc1cc(=[N+]2CCCC2)ss1. The van der Waals surface area contributed by atoms with Gasteiger partial charge in [-0.1, -0.05) is 16.4 Å². The van der Waals surface area contributed by atoms with E-state index >= 15 is 0 Å². The van der Waals surface area contributed by atoms with Gasteiger partial charge in [0.15, 0.2) is 0 Å². The Morgan fingerprint density at radius 1 is 1.43 bits per heavy atom. The Labute approximate surface area is 96.2 Å². The molecule has 1 aliphatic rings. The molecule has 2 rings (SSSR count). The van der Waals surface area contributed by atoms with Crippen molar-refractivity contribution in [3.8, 4) is 0 Å². The van der Waals surface area contributed by atoms with Gasteiger partial charge in [0.05, 0.1) is 4.21 Å². The molecular weight excluding hydrogens is 230 g/mol. The van der Waals surface area contributed by atoms with Crippen LogP contribution in [0.25, 0.3) is 0 Å². The normalized spacial score (nSPS) is 16.1. The van der Waals surface area contributed by atoms with E-state index in [9.17, 15) is 0 Å². The maximum atomic E-state index is 3.74. The van der Waals surface area contributed by atoms with Crippen LogP contribution in [0.4, 0.5) is 0 Å². The molecule has 4 heteroatoms. The van der Waals surface area contributed by atoms with Crippen LogP contribution in [0.3, 0.4) is 0 Å². The van der Waals surface area contributed by atoms with Crippen LogP contribution < -0.4 is 9.25 Å². The fourth-order valence-corrected chi connectivity index (χ4v) is 5.17. The van der Waals surface area contributed by atoms with Gasteiger partial charge in [0.25, 0.3) is 4.67 Å². The predicted molar refractivity (Wildman–Crippen MR) is 67.4 cm³/mol. The molecule has 0 aromatic carbocycles. The number of hydrogen-bond donors (Lipinski definition) is 0. The molecule has 1 aromatic rings. The van der Waals surface area contributed by atoms with E-state index in [-0.39, 0.29) is 0 Å². The van der Waals surface area contributed by atoms with Crippen molar-refractivity contribution in [2.24, 2.45) is 0 Å². The Kier molecular flexibility index (Phi) is 3.84. The van der Waals surface area contributed by atoms with Gasteiger partial charge in [-0.2, -0.15) is 0 Å². The summed E-state index contributed by atoms with van der Waals surface area (Å²) in [6.07, 6.45) is 4.68. The minimum Gasteiger partial charge on any atom is -0.220 e. The van der Waals surface area contributed by atoms with Crippen molar-refractivity contribution in [2.75, 3.05) is 18.8 Å². The van der Waals surface area contributed by atoms with E-state index in [0.717, 1.165) is 5.75 Å². The lowest BCUT2D eigenvalue weighted by Gasteiger charge is -1.87. The molecule has 0 saturated carbocycles. The third kappa shape index (κ3) is 2.49. The van der Waals surface area contributed by atoms with Gasteiger partial charge in [0.2, 0.25) is 0 Å². The molecule has 0 amide bonds. The smallest absolute Gasteiger partial charge is 0.220 e. The summed E-state index contributed by atoms with van der Waals surface area (Å²) in [5.41, 5.74) is 0. The molecule has 0 N–H and O–H groups in total. The highest BCUT2D eigenvalue weighted by Crippen LogP contribution is 2.23. The molecule has 1 fully saturated rings. The van der Waals surface area contributed by atoms with Gasteiger partial charge in [-0.05, 0) is 10.3 Å². The molecule has 1 saturated heterocycles. The number of hydrogen-bond acceptors (Lipinski definition) is 3. The lowest BCUT2D eigenvalue weighted by molar-refractivity contribution is 0.705. The summed E-state index contributed by atoms with van der Waals surface area (Å²) >= 11 is 1.88. The molecule has 0 bridgehead atoms. The van der Waals surface area contributed by atoms with E-state index in [1.807, 2.05) is 38.5 Å². The van der Waals surface area contributed by atoms with Crippen LogP contribution in [0, 0.1) is 0 Å². The number of nitrogens with zero attached hydrogens (tertiary/aromatic N) is 1.